The van der Waals surface area contributed by atoms with Gasteiger partial charge < -0.3 is 0 Å². The molecule has 0 saturated heterocycles. The number of hydrogen-bond acceptors (Lipinski definition) is 3. The van der Waals surface area contributed by atoms with Crippen LogP contribution in [-0.2, 0) is 29.8 Å². The zero-order valence-corrected chi connectivity index (χ0v) is 16.3. The molecule has 1 unspecified atom stereocenters. The van der Waals surface area contributed by atoms with E-state index in [1.165, 1.54) is 10.4 Å². The minimum Gasteiger partial charge on any atom is -0.276 e. The van der Waals surface area contributed by atoms with E-state index in [1.807, 2.05) is 30.5 Å². The molecule has 0 bridgehead atoms. The number of aryl methyl sites for hydroxylation is 1. The van der Waals surface area contributed by atoms with Crippen molar-refractivity contribution in [1.29, 1.82) is 0 Å². The summed E-state index contributed by atoms with van der Waals surface area (Å²) in [5, 5.41) is 4.17. The molecule has 1 aliphatic heterocycles. The largest absolute Gasteiger partial charge is 0.416 e. The Kier molecular flexibility index (Phi) is 4.74. The third-order valence-corrected chi connectivity index (χ3v) is 6.90. The van der Waals surface area contributed by atoms with Crippen LogP contribution in [0.2, 0.25) is 0 Å². The van der Waals surface area contributed by atoms with Crippen LogP contribution in [0.3, 0.4) is 0 Å². The molecule has 152 valence electrons. The normalized spacial score (nSPS) is 17.9. The predicted octanol–water partition coefficient (Wildman–Crippen LogP) is 3.78. The minimum atomic E-state index is -4.61. The van der Waals surface area contributed by atoms with Crippen LogP contribution in [0.15, 0.2) is 65.8 Å². The molecule has 2 aromatic carbocycles. The highest BCUT2D eigenvalue weighted by Crippen LogP contribution is 2.37. The number of hydrogen-bond donors (Lipinski definition) is 0. The zero-order chi connectivity index (χ0) is 20.8. The first-order valence-corrected chi connectivity index (χ1v) is 10.3. The molecule has 1 aromatic heterocycles. The number of halogens is 3. The fourth-order valence-corrected chi connectivity index (χ4v) is 5.12. The van der Waals surface area contributed by atoms with E-state index in [9.17, 15) is 21.6 Å². The topological polar surface area (TPSA) is 55.2 Å². The summed E-state index contributed by atoms with van der Waals surface area (Å²) in [4.78, 5) is -0.364. The molecule has 0 fully saturated rings. The summed E-state index contributed by atoms with van der Waals surface area (Å²) in [6.45, 7) is 0.229. The van der Waals surface area contributed by atoms with Crippen LogP contribution in [0.4, 0.5) is 13.2 Å². The van der Waals surface area contributed by atoms with Gasteiger partial charge in [-0.2, -0.15) is 22.6 Å². The van der Waals surface area contributed by atoms with Gasteiger partial charge in [-0.25, -0.2) is 8.42 Å². The maximum absolute atomic E-state index is 13.2. The molecule has 0 amide bonds. The van der Waals surface area contributed by atoms with Crippen molar-refractivity contribution in [3.05, 3.63) is 83.2 Å². The van der Waals surface area contributed by atoms with Gasteiger partial charge in [-0.1, -0.05) is 30.3 Å². The Labute approximate surface area is 166 Å². The second kappa shape index (κ2) is 7.00. The molecule has 5 nitrogen and oxygen atoms in total. The van der Waals surface area contributed by atoms with Crippen molar-refractivity contribution >= 4 is 10.0 Å². The molecule has 2 heterocycles. The summed E-state index contributed by atoms with van der Waals surface area (Å²) in [5.41, 5.74) is 1.68. The lowest BCUT2D eigenvalue weighted by Crippen LogP contribution is -2.38. The van der Waals surface area contributed by atoms with Crippen molar-refractivity contribution in [1.82, 2.24) is 14.1 Å². The van der Waals surface area contributed by atoms with Crippen molar-refractivity contribution < 1.29 is 21.6 Å². The molecule has 1 aliphatic rings. The van der Waals surface area contributed by atoms with Gasteiger partial charge in [-0.15, -0.1) is 0 Å². The van der Waals surface area contributed by atoms with Gasteiger partial charge in [-0.3, -0.25) is 4.68 Å². The average Bonchev–Trinajstić information content (AvgIpc) is 3.12. The summed E-state index contributed by atoms with van der Waals surface area (Å²) in [6, 6.07) is 11.4. The number of alkyl halides is 3. The highest BCUT2D eigenvalue weighted by atomic mass is 32.2. The van der Waals surface area contributed by atoms with Crippen LogP contribution in [0.5, 0.6) is 0 Å². The highest BCUT2D eigenvalue weighted by Gasteiger charge is 2.36. The molecule has 0 radical (unpaired) electrons. The van der Waals surface area contributed by atoms with E-state index in [2.05, 4.69) is 5.10 Å². The Morgan fingerprint density at radius 2 is 1.86 bits per heavy atom. The summed E-state index contributed by atoms with van der Waals surface area (Å²) >= 11 is 0. The van der Waals surface area contributed by atoms with Crippen LogP contribution in [-0.4, -0.2) is 29.0 Å². The third kappa shape index (κ3) is 3.67. The van der Waals surface area contributed by atoms with Crippen molar-refractivity contribution in [3.63, 3.8) is 0 Å². The summed E-state index contributed by atoms with van der Waals surface area (Å²) in [7, 11) is -2.34. The lowest BCUT2D eigenvalue weighted by Gasteiger charge is -2.33. The van der Waals surface area contributed by atoms with Crippen LogP contribution >= 0.6 is 0 Å². The maximum Gasteiger partial charge on any atom is 0.416 e. The Hall–Kier alpha value is -2.65. The van der Waals surface area contributed by atoms with Gasteiger partial charge in [0, 0.05) is 32.3 Å². The van der Waals surface area contributed by atoms with E-state index in [4.69, 9.17) is 0 Å². The van der Waals surface area contributed by atoms with Crippen LogP contribution in [0, 0.1) is 0 Å². The maximum atomic E-state index is 13.2. The first kappa shape index (κ1) is 19.7. The Morgan fingerprint density at radius 1 is 1.10 bits per heavy atom. The SMILES string of the molecule is Cn1cc(C2CN(S(=O)(=O)c3cccc(C(F)(F)F)c3)Cc3ccccc32)cn1. The standard InChI is InChI=1S/C20H18F3N3O2S/c1-25-11-15(10-24-25)19-13-26(12-14-5-2-3-8-18(14)19)29(27,28)17-7-4-6-16(9-17)20(21,22)23/h2-11,19H,12-13H2,1H3. The number of nitrogens with zero attached hydrogens (tertiary/aromatic N) is 3. The van der Waals surface area contributed by atoms with Gasteiger partial charge in [0.2, 0.25) is 10.0 Å². The van der Waals surface area contributed by atoms with Gasteiger partial charge in [0.1, 0.15) is 0 Å². The lowest BCUT2D eigenvalue weighted by atomic mass is 9.87. The van der Waals surface area contributed by atoms with E-state index < -0.39 is 21.8 Å². The second-order valence-electron chi connectivity index (χ2n) is 7.02. The number of rotatable bonds is 3. The fourth-order valence-electron chi connectivity index (χ4n) is 3.64. The molecular formula is C20H18F3N3O2S. The van der Waals surface area contributed by atoms with Crippen molar-refractivity contribution in [2.24, 2.45) is 7.05 Å². The summed E-state index contributed by atoms with van der Waals surface area (Å²) in [6.07, 6.45) is -1.11. The molecular weight excluding hydrogens is 403 g/mol. The van der Waals surface area contributed by atoms with Gasteiger partial charge in [0.15, 0.2) is 0 Å². The quantitative estimate of drug-likeness (QED) is 0.647. The summed E-state index contributed by atoms with van der Waals surface area (Å²) < 4.78 is 68.5. The van der Waals surface area contributed by atoms with E-state index >= 15 is 0 Å². The minimum absolute atomic E-state index is 0.103. The molecule has 29 heavy (non-hydrogen) atoms. The molecule has 4 rings (SSSR count). The first-order chi connectivity index (χ1) is 13.7. The van der Waals surface area contributed by atoms with Crippen molar-refractivity contribution in [3.8, 4) is 0 Å². The van der Waals surface area contributed by atoms with Crippen LogP contribution in [0.1, 0.15) is 28.2 Å². The van der Waals surface area contributed by atoms with Gasteiger partial charge in [-0.05, 0) is 34.9 Å². The number of fused-ring (bicyclic) bond motifs is 1. The monoisotopic (exact) mass is 421 g/mol. The van der Waals surface area contributed by atoms with Crippen molar-refractivity contribution in [2.75, 3.05) is 6.54 Å². The number of aromatic nitrogens is 2. The number of benzene rings is 2. The number of sulfonamides is 1. The molecule has 9 heteroatoms. The van der Waals surface area contributed by atoms with Gasteiger partial charge in [0.25, 0.3) is 0 Å². The Bertz CT molecular complexity index is 1160. The zero-order valence-electron chi connectivity index (χ0n) is 15.5. The molecule has 0 N–H and O–H groups in total. The molecule has 1 atom stereocenters. The Morgan fingerprint density at radius 3 is 2.55 bits per heavy atom. The molecule has 3 aromatic rings. The molecule has 0 spiro atoms. The van der Waals surface area contributed by atoms with E-state index in [0.29, 0.717) is 6.07 Å². The lowest BCUT2D eigenvalue weighted by molar-refractivity contribution is -0.137. The van der Waals surface area contributed by atoms with E-state index in [-0.39, 0.29) is 23.9 Å². The molecule has 0 aliphatic carbocycles. The first-order valence-electron chi connectivity index (χ1n) is 8.90. The Balaban J connectivity index is 1.76. The van der Waals surface area contributed by atoms with Gasteiger partial charge >= 0.3 is 6.18 Å². The second-order valence-corrected chi connectivity index (χ2v) is 8.96. The van der Waals surface area contributed by atoms with Crippen LogP contribution in [0.25, 0.3) is 0 Å². The molecule has 0 saturated carbocycles. The highest BCUT2D eigenvalue weighted by molar-refractivity contribution is 7.89. The predicted molar refractivity (Wildman–Crippen MR) is 101 cm³/mol. The van der Waals surface area contributed by atoms with E-state index in [0.717, 1.165) is 28.8 Å². The fraction of sp³-hybridized carbons (Fsp3) is 0.250. The third-order valence-electron chi connectivity index (χ3n) is 5.09. The smallest absolute Gasteiger partial charge is 0.276 e. The summed E-state index contributed by atoms with van der Waals surface area (Å²) in [5.74, 6) is -0.255. The van der Waals surface area contributed by atoms with Gasteiger partial charge in [0.05, 0.1) is 16.7 Å². The van der Waals surface area contributed by atoms with E-state index in [1.54, 1.807) is 17.9 Å². The van der Waals surface area contributed by atoms with Crippen molar-refractivity contribution in [2.45, 2.75) is 23.5 Å². The average molecular weight is 421 g/mol. The van der Waals surface area contributed by atoms with Crippen LogP contribution < -0.4 is 0 Å².